The highest BCUT2D eigenvalue weighted by molar-refractivity contribution is 9.10. The van der Waals surface area contributed by atoms with E-state index in [0.29, 0.717) is 19.0 Å². The highest BCUT2D eigenvalue weighted by atomic mass is 79.9. The first kappa shape index (κ1) is 13.4. The molecule has 1 saturated heterocycles. The predicted octanol–water partition coefficient (Wildman–Crippen LogP) is 2.20. The molecule has 0 saturated carbocycles. The Kier molecular flexibility index (Phi) is 3.92. The molecule has 1 aromatic rings. The van der Waals surface area contributed by atoms with E-state index in [1.165, 1.54) is 0 Å². The van der Waals surface area contributed by atoms with Crippen LogP contribution in [0.15, 0.2) is 22.7 Å². The van der Waals surface area contributed by atoms with Crippen molar-refractivity contribution in [1.82, 2.24) is 4.90 Å². The lowest BCUT2D eigenvalue weighted by Gasteiger charge is -2.38. The summed E-state index contributed by atoms with van der Waals surface area (Å²) in [5.74, 6) is 0.329. The molecule has 5 heteroatoms. The molecule has 1 heterocycles. The normalized spacial score (nSPS) is 20.4. The summed E-state index contributed by atoms with van der Waals surface area (Å²) < 4.78 is 1.02. The van der Waals surface area contributed by atoms with Crippen LogP contribution in [0.2, 0.25) is 0 Å². The van der Waals surface area contributed by atoms with Crippen molar-refractivity contribution in [2.24, 2.45) is 11.7 Å². The van der Waals surface area contributed by atoms with Crippen molar-refractivity contribution in [3.05, 3.63) is 28.2 Å². The summed E-state index contributed by atoms with van der Waals surface area (Å²) in [6.45, 7) is 4.05. The molecule has 1 atom stereocenters. The molecule has 1 aliphatic heterocycles. The van der Waals surface area contributed by atoms with Crippen LogP contribution in [0.5, 0.6) is 0 Å². The van der Waals surface area contributed by atoms with Crippen LogP contribution in [0.25, 0.3) is 0 Å². The molecule has 0 spiro atoms. The second-order valence-electron chi connectivity index (χ2n) is 4.81. The molecule has 2 N–H and O–H groups in total. The average molecular weight is 312 g/mol. The first-order valence-electron chi connectivity index (χ1n) is 6.01. The molecule has 1 aliphatic rings. The van der Waals surface area contributed by atoms with Gasteiger partial charge in [-0.3, -0.25) is 4.90 Å². The number of carbonyl (C=O) groups is 1. The monoisotopic (exact) mass is 311 g/mol. The molecule has 2 rings (SSSR count). The van der Waals surface area contributed by atoms with E-state index >= 15 is 0 Å². The van der Waals surface area contributed by atoms with Gasteiger partial charge in [0.1, 0.15) is 0 Å². The van der Waals surface area contributed by atoms with E-state index in [-0.39, 0.29) is 6.03 Å². The Balaban J connectivity index is 2.32. The van der Waals surface area contributed by atoms with Gasteiger partial charge in [0.05, 0.1) is 0 Å². The van der Waals surface area contributed by atoms with Gasteiger partial charge in [0.15, 0.2) is 0 Å². The molecule has 2 amide bonds. The second-order valence-corrected chi connectivity index (χ2v) is 5.72. The van der Waals surface area contributed by atoms with Crippen molar-refractivity contribution in [2.45, 2.75) is 6.92 Å². The smallest absolute Gasteiger partial charge is 0.324 e. The van der Waals surface area contributed by atoms with E-state index in [1.54, 1.807) is 4.90 Å². The number of benzene rings is 1. The van der Waals surface area contributed by atoms with Crippen molar-refractivity contribution in [3.8, 4) is 0 Å². The number of halogens is 1. The molecule has 0 aromatic heterocycles. The molecule has 18 heavy (non-hydrogen) atoms. The summed E-state index contributed by atoms with van der Waals surface area (Å²) >= 11 is 3.44. The minimum absolute atomic E-state index is 0.0464. The summed E-state index contributed by atoms with van der Waals surface area (Å²) in [6.07, 6.45) is 0. The first-order chi connectivity index (χ1) is 8.52. The number of nitrogens with two attached hydrogens (primary N) is 1. The summed E-state index contributed by atoms with van der Waals surface area (Å²) in [5, 5.41) is 0. The number of amides is 2. The Morgan fingerprint density at radius 2 is 2.17 bits per heavy atom. The minimum Gasteiger partial charge on any atom is -0.330 e. The lowest BCUT2D eigenvalue weighted by molar-refractivity contribution is 0.194. The SMILES string of the molecule is Cc1cc(Br)ccc1N1CC(CN)CN(C)C1=O. The van der Waals surface area contributed by atoms with Gasteiger partial charge in [0, 0.05) is 36.2 Å². The third-order valence-electron chi connectivity index (χ3n) is 3.31. The van der Waals surface area contributed by atoms with Crippen LogP contribution in [0.1, 0.15) is 5.56 Å². The summed E-state index contributed by atoms with van der Waals surface area (Å²) in [7, 11) is 1.82. The molecular formula is C13H18BrN3O. The summed E-state index contributed by atoms with van der Waals surface area (Å²) in [6, 6.07) is 6.01. The van der Waals surface area contributed by atoms with Crippen molar-refractivity contribution in [3.63, 3.8) is 0 Å². The van der Waals surface area contributed by atoms with Gasteiger partial charge in [-0.1, -0.05) is 15.9 Å². The fourth-order valence-corrected chi connectivity index (χ4v) is 2.81. The van der Waals surface area contributed by atoms with Gasteiger partial charge in [0.2, 0.25) is 0 Å². The van der Waals surface area contributed by atoms with Gasteiger partial charge in [0.25, 0.3) is 0 Å². The largest absolute Gasteiger partial charge is 0.330 e. The maximum atomic E-state index is 12.2. The van der Waals surface area contributed by atoms with Gasteiger partial charge in [-0.25, -0.2) is 4.79 Å². The lowest BCUT2D eigenvalue weighted by Crippen LogP contribution is -2.53. The Morgan fingerprint density at radius 3 is 2.78 bits per heavy atom. The highest BCUT2D eigenvalue weighted by Gasteiger charge is 2.30. The van der Waals surface area contributed by atoms with Crippen molar-refractivity contribution in [1.29, 1.82) is 0 Å². The molecule has 0 radical (unpaired) electrons. The number of aryl methyl sites for hydroxylation is 1. The van der Waals surface area contributed by atoms with Crippen molar-refractivity contribution >= 4 is 27.6 Å². The standard InChI is InChI=1S/C13H18BrN3O/c1-9-5-11(14)3-4-12(9)17-8-10(6-15)7-16(2)13(17)18/h3-5,10H,6-8,15H2,1-2H3. The molecule has 4 nitrogen and oxygen atoms in total. The molecule has 1 unspecified atom stereocenters. The van der Waals surface area contributed by atoms with Crippen LogP contribution >= 0.6 is 15.9 Å². The van der Waals surface area contributed by atoms with E-state index in [9.17, 15) is 4.79 Å². The zero-order valence-electron chi connectivity index (χ0n) is 10.7. The topological polar surface area (TPSA) is 49.6 Å². The van der Waals surface area contributed by atoms with E-state index in [1.807, 2.05) is 37.1 Å². The molecular weight excluding hydrogens is 294 g/mol. The Hall–Kier alpha value is -1.07. The second kappa shape index (κ2) is 5.28. The van der Waals surface area contributed by atoms with Gasteiger partial charge in [-0.2, -0.15) is 0 Å². The van der Waals surface area contributed by atoms with Crippen molar-refractivity contribution in [2.75, 3.05) is 31.6 Å². The lowest BCUT2D eigenvalue weighted by atomic mass is 10.0. The van der Waals surface area contributed by atoms with Gasteiger partial charge in [-0.05, 0) is 37.2 Å². The van der Waals surface area contributed by atoms with Crippen LogP contribution in [0.3, 0.4) is 0 Å². The minimum atomic E-state index is 0.0464. The zero-order valence-corrected chi connectivity index (χ0v) is 12.3. The van der Waals surface area contributed by atoms with Crippen LogP contribution in [-0.2, 0) is 0 Å². The molecule has 0 aliphatic carbocycles. The molecule has 1 fully saturated rings. The average Bonchev–Trinajstić information content (AvgIpc) is 2.33. The maximum absolute atomic E-state index is 12.2. The number of nitrogens with zero attached hydrogens (tertiary/aromatic N) is 2. The third-order valence-corrected chi connectivity index (χ3v) is 3.81. The number of urea groups is 1. The molecule has 1 aromatic carbocycles. The van der Waals surface area contributed by atoms with E-state index in [2.05, 4.69) is 15.9 Å². The fourth-order valence-electron chi connectivity index (χ4n) is 2.34. The van der Waals surface area contributed by atoms with Gasteiger partial charge in [-0.15, -0.1) is 0 Å². The third kappa shape index (κ3) is 2.52. The van der Waals surface area contributed by atoms with E-state index in [0.717, 1.165) is 22.3 Å². The van der Waals surface area contributed by atoms with E-state index < -0.39 is 0 Å². The number of rotatable bonds is 2. The van der Waals surface area contributed by atoms with E-state index in [4.69, 9.17) is 5.73 Å². The molecule has 98 valence electrons. The number of hydrogen-bond donors (Lipinski definition) is 1. The van der Waals surface area contributed by atoms with Gasteiger partial charge < -0.3 is 10.6 Å². The van der Waals surface area contributed by atoms with Crippen molar-refractivity contribution < 1.29 is 4.79 Å². The van der Waals surface area contributed by atoms with Crippen LogP contribution < -0.4 is 10.6 Å². The predicted molar refractivity (Wildman–Crippen MR) is 76.8 cm³/mol. The Morgan fingerprint density at radius 1 is 1.44 bits per heavy atom. The quantitative estimate of drug-likeness (QED) is 0.910. The summed E-state index contributed by atoms with van der Waals surface area (Å²) in [5.41, 5.74) is 7.79. The number of anilines is 1. The Bertz CT molecular complexity index is 464. The van der Waals surface area contributed by atoms with Crippen LogP contribution in [0.4, 0.5) is 10.5 Å². The zero-order chi connectivity index (χ0) is 13.3. The first-order valence-corrected chi connectivity index (χ1v) is 6.81. The summed E-state index contributed by atoms with van der Waals surface area (Å²) in [4.78, 5) is 15.8. The number of carbonyl (C=O) groups excluding carboxylic acids is 1. The van der Waals surface area contributed by atoms with Gasteiger partial charge >= 0.3 is 6.03 Å². The maximum Gasteiger partial charge on any atom is 0.324 e. The molecule has 0 bridgehead atoms. The Labute approximate surface area is 116 Å². The fraction of sp³-hybridized carbons (Fsp3) is 0.462. The van der Waals surface area contributed by atoms with Crippen LogP contribution in [-0.4, -0.2) is 37.6 Å². The number of hydrogen-bond acceptors (Lipinski definition) is 2. The van der Waals surface area contributed by atoms with Crippen LogP contribution in [0, 0.1) is 12.8 Å². The highest BCUT2D eigenvalue weighted by Crippen LogP contribution is 2.27.